The zero-order valence-electron chi connectivity index (χ0n) is 13.0. The second-order valence-electron chi connectivity index (χ2n) is 7.65. The largest absolute Gasteiger partial charge is 0.504 e. The fourth-order valence-corrected chi connectivity index (χ4v) is 5.29. The molecule has 5 rings (SSSR count). The van der Waals surface area contributed by atoms with Crippen LogP contribution in [0.2, 0.25) is 0 Å². The van der Waals surface area contributed by atoms with Crippen LogP contribution in [0.15, 0.2) is 23.3 Å². The summed E-state index contributed by atoms with van der Waals surface area (Å²) in [4.78, 5) is 12.7. The predicted molar refractivity (Wildman–Crippen MR) is 86.1 cm³/mol. The standard InChI is InChI=1S/C18H22N2O3/c21-15-2-1-11(6-16(15)22)10-19-20-17(23)18-7-12-3-13(8-18)5-14(4-12)9-18/h1-2,6,10,12-14,21-22H,3-5,7-9H2,(H,20,23)/b19-10+. The first-order chi connectivity index (χ1) is 11.0. The summed E-state index contributed by atoms with van der Waals surface area (Å²) in [6, 6.07) is 4.45. The van der Waals surface area contributed by atoms with Crippen LogP contribution in [-0.2, 0) is 4.79 Å². The van der Waals surface area contributed by atoms with Crippen molar-refractivity contribution in [1.82, 2.24) is 5.43 Å². The maximum absolute atomic E-state index is 12.7. The minimum Gasteiger partial charge on any atom is -0.504 e. The van der Waals surface area contributed by atoms with E-state index in [0.29, 0.717) is 5.56 Å². The molecule has 23 heavy (non-hydrogen) atoms. The summed E-state index contributed by atoms with van der Waals surface area (Å²) in [5.41, 5.74) is 3.13. The molecule has 1 aromatic rings. The van der Waals surface area contributed by atoms with Crippen LogP contribution in [-0.4, -0.2) is 22.3 Å². The zero-order valence-corrected chi connectivity index (χ0v) is 13.0. The van der Waals surface area contributed by atoms with Crippen molar-refractivity contribution in [2.24, 2.45) is 28.3 Å². The van der Waals surface area contributed by atoms with E-state index < -0.39 is 0 Å². The van der Waals surface area contributed by atoms with E-state index in [1.54, 1.807) is 6.07 Å². The number of aromatic hydroxyl groups is 2. The number of nitrogens with zero attached hydrogens (tertiary/aromatic N) is 1. The van der Waals surface area contributed by atoms with Crippen LogP contribution in [0, 0.1) is 23.2 Å². The molecule has 4 aliphatic carbocycles. The molecule has 5 heteroatoms. The van der Waals surface area contributed by atoms with Gasteiger partial charge in [-0.15, -0.1) is 0 Å². The van der Waals surface area contributed by atoms with Gasteiger partial charge in [0.25, 0.3) is 0 Å². The molecule has 0 radical (unpaired) electrons. The Labute approximate surface area is 135 Å². The van der Waals surface area contributed by atoms with Gasteiger partial charge in [0.05, 0.1) is 11.6 Å². The van der Waals surface area contributed by atoms with E-state index >= 15 is 0 Å². The fourth-order valence-electron chi connectivity index (χ4n) is 5.29. The van der Waals surface area contributed by atoms with E-state index in [-0.39, 0.29) is 22.8 Å². The minimum atomic E-state index is -0.205. The van der Waals surface area contributed by atoms with E-state index in [1.807, 2.05) is 0 Å². The van der Waals surface area contributed by atoms with Crippen LogP contribution < -0.4 is 5.43 Å². The first-order valence-corrected chi connectivity index (χ1v) is 8.39. The molecule has 1 aromatic carbocycles. The second-order valence-corrected chi connectivity index (χ2v) is 7.65. The number of rotatable bonds is 3. The molecule has 0 aromatic heterocycles. The summed E-state index contributed by atoms with van der Waals surface area (Å²) in [5.74, 6) is 1.87. The number of amides is 1. The van der Waals surface area contributed by atoms with Crippen LogP contribution in [0.1, 0.15) is 44.1 Å². The van der Waals surface area contributed by atoms with Gasteiger partial charge in [-0.2, -0.15) is 5.10 Å². The van der Waals surface area contributed by atoms with Crippen molar-refractivity contribution >= 4 is 12.1 Å². The van der Waals surface area contributed by atoms with E-state index in [9.17, 15) is 15.0 Å². The van der Waals surface area contributed by atoms with Gasteiger partial charge in [0.2, 0.25) is 5.91 Å². The number of nitrogens with one attached hydrogen (secondary N) is 1. The number of benzene rings is 1. The third kappa shape index (κ3) is 2.58. The van der Waals surface area contributed by atoms with Crippen LogP contribution in [0.3, 0.4) is 0 Å². The maximum Gasteiger partial charge on any atom is 0.246 e. The van der Waals surface area contributed by atoms with E-state index in [2.05, 4.69) is 10.5 Å². The molecule has 0 heterocycles. The highest BCUT2D eigenvalue weighted by Gasteiger charge is 2.54. The topological polar surface area (TPSA) is 81.9 Å². The summed E-state index contributed by atoms with van der Waals surface area (Å²) in [6.07, 6.45) is 8.46. The Bertz CT molecular complexity index is 633. The Kier molecular flexibility index (Phi) is 3.32. The van der Waals surface area contributed by atoms with E-state index in [1.165, 1.54) is 37.6 Å². The number of hydrogen-bond acceptors (Lipinski definition) is 4. The number of carbonyl (C=O) groups is 1. The molecule has 0 aliphatic heterocycles. The smallest absolute Gasteiger partial charge is 0.246 e. The van der Waals surface area contributed by atoms with Crippen molar-refractivity contribution in [2.45, 2.75) is 38.5 Å². The van der Waals surface area contributed by atoms with E-state index in [4.69, 9.17) is 0 Å². The molecular formula is C18H22N2O3. The van der Waals surface area contributed by atoms with Gasteiger partial charge in [0.1, 0.15) is 0 Å². The average molecular weight is 314 g/mol. The summed E-state index contributed by atoms with van der Waals surface area (Å²) in [5, 5.41) is 22.8. The van der Waals surface area contributed by atoms with Gasteiger partial charge in [-0.25, -0.2) is 5.43 Å². The van der Waals surface area contributed by atoms with Crippen molar-refractivity contribution < 1.29 is 15.0 Å². The molecule has 0 spiro atoms. The lowest BCUT2D eigenvalue weighted by Gasteiger charge is -2.55. The highest BCUT2D eigenvalue weighted by Crippen LogP contribution is 2.60. The fraction of sp³-hybridized carbons (Fsp3) is 0.556. The zero-order chi connectivity index (χ0) is 16.0. The number of hydrogen-bond donors (Lipinski definition) is 3. The Morgan fingerprint density at radius 3 is 2.26 bits per heavy atom. The summed E-state index contributed by atoms with van der Waals surface area (Å²) < 4.78 is 0. The highest BCUT2D eigenvalue weighted by atomic mass is 16.3. The number of carbonyl (C=O) groups excluding carboxylic acids is 1. The van der Waals surface area contributed by atoms with Crippen molar-refractivity contribution in [3.63, 3.8) is 0 Å². The molecule has 4 fully saturated rings. The third-order valence-corrected chi connectivity index (χ3v) is 5.90. The molecule has 122 valence electrons. The van der Waals surface area contributed by atoms with Gasteiger partial charge >= 0.3 is 0 Å². The molecule has 4 bridgehead atoms. The van der Waals surface area contributed by atoms with Crippen LogP contribution in [0.25, 0.3) is 0 Å². The Balaban J connectivity index is 1.44. The summed E-state index contributed by atoms with van der Waals surface area (Å²) >= 11 is 0. The van der Waals surface area contributed by atoms with Gasteiger partial charge in [0.15, 0.2) is 11.5 Å². The lowest BCUT2D eigenvalue weighted by molar-refractivity contribution is -0.146. The molecule has 4 aliphatic rings. The van der Waals surface area contributed by atoms with Gasteiger partial charge in [-0.05, 0) is 80.0 Å². The lowest BCUT2D eigenvalue weighted by Crippen LogP contribution is -2.52. The van der Waals surface area contributed by atoms with Crippen LogP contribution >= 0.6 is 0 Å². The van der Waals surface area contributed by atoms with Crippen LogP contribution in [0.4, 0.5) is 0 Å². The van der Waals surface area contributed by atoms with Crippen LogP contribution in [0.5, 0.6) is 11.5 Å². The van der Waals surface area contributed by atoms with Gasteiger partial charge in [-0.1, -0.05) is 0 Å². The predicted octanol–water partition coefficient (Wildman–Crippen LogP) is 2.76. The van der Waals surface area contributed by atoms with Crippen molar-refractivity contribution in [3.05, 3.63) is 23.8 Å². The van der Waals surface area contributed by atoms with Crippen molar-refractivity contribution in [1.29, 1.82) is 0 Å². The highest BCUT2D eigenvalue weighted by molar-refractivity contribution is 5.86. The van der Waals surface area contributed by atoms with Crippen molar-refractivity contribution in [2.75, 3.05) is 0 Å². The summed E-state index contributed by atoms with van der Waals surface area (Å²) in [7, 11) is 0. The van der Waals surface area contributed by atoms with Gasteiger partial charge in [-0.3, -0.25) is 4.79 Å². The number of hydrazone groups is 1. The molecule has 0 atom stereocenters. The Morgan fingerprint density at radius 1 is 1.09 bits per heavy atom. The third-order valence-electron chi connectivity index (χ3n) is 5.90. The molecule has 0 saturated heterocycles. The molecule has 4 saturated carbocycles. The lowest BCUT2D eigenvalue weighted by atomic mass is 9.49. The Hall–Kier alpha value is -2.04. The normalized spacial score (nSPS) is 34.9. The molecule has 5 nitrogen and oxygen atoms in total. The first-order valence-electron chi connectivity index (χ1n) is 8.39. The number of phenolic OH excluding ortho intramolecular Hbond substituents is 2. The first kappa shape index (κ1) is 14.5. The monoisotopic (exact) mass is 314 g/mol. The minimum absolute atomic E-state index is 0.0517. The molecule has 1 amide bonds. The quantitative estimate of drug-likeness (QED) is 0.456. The summed E-state index contributed by atoms with van der Waals surface area (Å²) in [6.45, 7) is 0. The second kappa shape index (κ2) is 5.25. The van der Waals surface area contributed by atoms with E-state index in [0.717, 1.165) is 37.0 Å². The molecule has 0 unspecified atom stereocenters. The molecular weight excluding hydrogens is 292 g/mol. The maximum atomic E-state index is 12.7. The average Bonchev–Trinajstić information content (AvgIpc) is 2.49. The SMILES string of the molecule is O=C(N/N=C/c1ccc(O)c(O)c1)C12CC3CC(CC(C3)C1)C2. The van der Waals surface area contributed by atoms with Gasteiger partial charge in [0, 0.05) is 0 Å². The van der Waals surface area contributed by atoms with Crippen molar-refractivity contribution in [3.8, 4) is 11.5 Å². The number of phenols is 2. The molecule has 3 N–H and O–H groups in total. The van der Waals surface area contributed by atoms with Gasteiger partial charge < -0.3 is 10.2 Å². The Morgan fingerprint density at radius 2 is 1.70 bits per heavy atom.